The largest absolute Gasteiger partial charge is 0.493 e. The highest BCUT2D eigenvalue weighted by atomic mass is 16.5. The molecule has 0 saturated heterocycles. The Balaban J connectivity index is 2.02. The number of nitrogens with zero attached hydrogens (tertiary/aromatic N) is 6. The lowest BCUT2D eigenvalue weighted by atomic mass is 10.1. The second-order valence-electron chi connectivity index (χ2n) is 6.52. The third kappa shape index (κ3) is 4.30. The molecule has 1 atom stereocenters. The average Bonchev–Trinajstić information content (AvgIpc) is 2.71. The maximum atomic E-state index is 10.4. The number of hydrogen-bond donors (Lipinski definition) is 1. The number of nitriles is 1. The van der Waals surface area contributed by atoms with Crippen molar-refractivity contribution in [1.82, 2.24) is 19.9 Å². The van der Waals surface area contributed by atoms with E-state index in [1.54, 1.807) is 42.7 Å². The summed E-state index contributed by atoms with van der Waals surface area (Å²) < 4.78 is 5.84. The standard InChI is InChI=1S/C21H20N6O2/c1-13(15-7-5-14(11-22)6-8-15)29-21-25-18-16(20(28)26-21)9-10-24-19(18)17(23-2)12-27(3)4/h5-10,12-13H,2H2,1,3-4H3,(H,25,26,28)/b17-12-. The second-order valence-corrected chi connectivity index (χ2v) is 6.52. The number of pyridine rings is 1. The summed E-state index contributed by atoms with van der Waals surface area (Å²) >= 11 is 0. The summed E-state index contributed by atoms with van der Waals surface area (Å²) in [4.78, 5) is 18.7. The molecule has 0 aliphatic rings. The first-order valence-electron chi connectivity index (χ1n) is 8.80. The molecule has 0 bridgehead atoms. The van der Waals surface area contributed by atoms with Gasteiger partial charge >= 0.3 is 6.01 Å². The Labute approximate surface area is 168 Å². The van der Waals surface area contributed by atoms with Crippen molar-refractivity contribution in [2.45, 2.75) is 13.0 Å². The van der Waals surface area contributed by atoms with Gasteiger partial charge in [-0.3, -0.25) is 9.98 Å². The molecule has 146 valence electrons. The topological polar surface area (TPSA) is 108 Å². The Hall–Kier alpha value is -3.99. The molecule has 8 nitrogen and oxygen atoms in total. The molecular formula is C21H20N6O2. The van der Waals surface area contributed by atoms with E-state index in [0.29, 0.717) is 27.9 Å². The predicted molar refractivity (Wildman–Crippen MR) is 110 cm³/mol. The molecule has 0 spiro atoms. The van der Waals surface area contributed by atoms with E-state index >= 15 is 0 Å². The van der Waals surface area contributed by atoms with Gasteiger partial charge in [0.25, 0.3) is 0 Å². The van der Waals surface area contributed by atoms with E-state index < -0.39 is 6.10 Å². The van der Waals surface area contributed by atoms with Crippen LogP contribution < -0.4 is 4.74 Å². The Morgan fingerprint density at radius 1 is 1.28 bits per heavy atom. The van der Waals surface area contributed by atoms with Gasteiger partial charge < -0.3 is 14.7 Å². The smallest absolute Gasteiger partial charge is 0.320 e. The summed E-state index contributed by atoms with van der Waals surface area (Å²) in [6.45, 7) is 5.43. The van der Waals surface area contributed by atoms with Gasteiger partial charge in [0.15, 0.2) is 0 Å². The van der Waals surface area contributed by atoms with Gasteiger partial charge in [-0.25, -0.2) is 0 Å². The minimum atomic E-state index is -0.394. The minimum absolute atomic E-state index is 0.00868. The van der Waals surface area contributed by atoms with Gasteiger partial charge in [0.1, 0.15) is 23.0 Å². The van der Waals surface area contributed by atoms with Crippen LogP contribution in [0, 0.1) is 11.3 Å². The van der Waals surface area contributed by atoms with Crippen LogP contribution in [0.1, 0.15) is 29.8 Å². The van der Waals surface area contributed by atoms with Gasteiger partial charge in [0, 0.05) is 26.5 Å². The number of benzene rings is 1. The third-order valence-electron chi connectivity index (χ3n) is 4.16. The van der Waals surface area contributed by atoms with Crippen molar-refractivity contribution in [3.8, 4) is 18.0 Å². The SMILES string of the molecule is C=N/C(=C\N(C)C)c1nccc2c(O)nc(OC(C)c3ccc(C#N)cc3)nc12. The van der Waals surface area contributed by atoms with E-state index in [1.165, 1.54) is 0 Å². The zero-order valence-corrected chi connectivity index (χ0v) is 16.4. The molecule has 2 aromatic heterocycles. The molecule has 3 rings (SSSR count). The third-order valence-corrected chi connectivity index (χ3v) is 4.16. The Morgan fingerprint density at radius 2 is 2.00 bits per heavy atom. The van der Waals surface area contributed by atoms with Crippen molar-refractivity contribution >= 4 is 23.3 Å². The molecule has 29 heavy (non-hydrogen) atoms. The summed E-state index contributed by atoms with van der Waals surface area (Å²) in [5.74, 6) is -0.214. The summed E-state index contributed by atoms with van der Waals surface area (Å²) in [6.07, 6.45) is 2.91. The van der Waals surface area contributed by atoms with Crippen LogP contribution >= 0.6 is 0 Å². The van der Waals surface area contributed by atoms with Crippen LogP contribution in [0.15, 0.2) is 47.7 Å². The predicted octanol–water partition coefficient (Wildman–Crippen LogP) is 3.30. The molecule has 8 heteroatoms. The summed E-state index contributed by atoms with van der Waals surface area (Å²) in [6, 6.07) is 10.7. The normalized spacial score (nSPS) is 12.3. The number of aromatic nitrogens is 3. The maximum absolute atomic E-state index is 10.4. The van der Waals surface area contributed by atoms with E-state index in [9.17, 15) is 5.11 Å². The Kier molecular flexibility index (Phi) is 5.69. The average molecular weight is 388 g/mol. The van der Waals surface area contributed by atoms with Crippen molar-refractivity contribution < 1.29 is 9.84 Å². The van der Waals surface area contributed by atoms with E-state index in [-0.39, 0.29) is 11.9 Å². The van der Waals surface area contributed by atoms with Crippen LogP contribution in [0.3, 0.4) is 0 Å². The molecule has 1 aromatic carbocycles. The lowest BCUT2D eigenvalue weighted by molar-refractivity contribution is 0.206. The lowest BCUT2D eigenvalue weighted by Crippen LogP contribution is -2.07. The van der Waals surface area contributed by atoms with Gasteiger partial charge in [0.2, 0.25) is 5.88 Å². The van der Waals surface area contributed by atoms with E-state index in [2.05, 4.69) is 32.7 Å². The van der Waals surface area contributed by atoms with E-state index in [1.807, 2.05) is 25.9 Å². The molecule has 3 aromatic rings. The monoisotopic (exact) mass is 388 g/mol. The second kappa shape index (κ2) is 8.35. The molecule has 0 fully saturated rings. The number of rotatable bonds is 6. The maximum Gasteiger partial charge on any atom is 0.320 e. The molecular weight excluding hydrogens is 368 g/mol. The van der Waals surface area contributed by atoms with Crippen molar-refractivity contribution in [1.29, 1.82) is 5.26 Å². The quantitative estimate of drug-likeness (QED) is 0.646. The van der Waals surface area contributed by atoms with Gasteiger partial charge in [0.05, 0.1) is 17.0 Å². The first kappa shape index (κ1) is 19.8. The summed E-state index contributed by atoms with van der Waals surface area (Å²) in [5.41, 5.74) is 2.78. The summed E-state index contributed by atoms with van der Waals surface area (Å²) in [7, 11) is 3.72. The fourth-order valence-electron chi connectivity index (χ4n) is 2.74. The van der Waals surface area contributed by atoms with Crippen LogP contribution in [0.25, 0.3) is 16.6 Å². The van der Waals surface area contributed by atoms with Crippen molar-refractivity contribution in [2.24, 2.45) is 4.99 Å². The van der Waals surface area contributed by atoms with Crippen molar-refractivity contribution in [3.05, 3.63) is 59.5 Å². The number of fused-ring (bicyclic) bond motifs is 1. The van der Waals surface area contributed by atoms with Crippen molar-refractivity contribution in [2.75, 3.05) is 14.1 Å². The molecule has 2 heterocycles. The van der Waals surface area contributed by atoms with Crippen LogP contribution in [0.5, 0.6) is 11.9 Å². The van der Waals surface area contributed by atoms with E-state index in [0.717, 1.165) is 5.56 Å². The first-order valence-corrected chi connectivity index (χ1v) is 8.80. The van der Waals surface area contributed by atoms with Crippen LogP contribution in [0.4, 0.5) is 0 Å². The first-order chi connectivity index (χ1) is 13.9. The zero-order valence-electron chi connectivity index (χ0n) is 16.4. The fraction of sp³-hybridized carbons (Fsp3) is 0.190. The molecule has 1 unspecified atom stereocenters. The number of aromatic hydroxyl groups is 1. The highest BCUT2D eigenvalue weighted by Gasteiger charge is 2.17. The van der Waals surface area contributed by atoms with Crippen molar-refractivity contribution in [3.63, 3.8) is 0 Å². The number of hydrogen-bond acceptors (Lipinski definition) is 8. The van der Waals surface area contributed by atoms with Gasteiger partial charge in [-0.1, -0.05) is 12.1 Å². The molecule has 1 N–H and O–H groups in total. The molecule has 0 saturated carbocycles. The minimum Gasteiger partial charge on any atom is -0.493 e. The highest BCUT2D eigenvalue weighted by Crippen LogP contribution is 2.30. The van der Waals surface area contributed by atoms with Crippen LogP contribution in [0.2, 0.25) is 0 Å². The molecule has 0 aliphatic heterocycles. The highest BCUT2D eigenvalue weighted by molar-refractivity contribution is 5.92. The van der Waals surface area contributed by atoms with Crippen LogP contribution in [-0.2, 0) is 0 Å². The molecule has 0 amide bonds. The van der Waals surface area contributed by atoms with E-state index in [4.69, 9.17) is 10.00 Å². The molecule has 0 radical (unpaired) electrons. The zero-order chi connectivity index (χ0) is 21.0. The lowest BCUT2D eigenvalue weighted by Gasteiger charge is -2.15. The summed E-state index contributed by atoms with van der Waals surface area (Å²) in [5, 5.41) is 19.8. The van der Waals surface area contributed by atoms with Gasteiger partial charge in [-0.2, -0.15) is 15.2 Å². The fourth-order valence-corrected chi connectivity index (χ4v) is 2.74. The number of ether oxygens (including phenoxy) is 1. The van der Waals surface area contributed by atoms with Gasteiger partial charge in [-0.15, -0.1) is 0 Å². The molecule has 0 aliphatic carbocycles. The van der Waals surface area contributed by atoms with Gasteiger partial charge in [-0.05, 0) is 37.4 Å². The van der Waals surface area contributed by atoms with Crippen LogP contribution in [-0.4, -0.2) is 45.8 Å². The number of aliphatic imine (C=N–C) groups is 1. The Morgan fingerprint density at radius 3 is 2.62 bits per heavy atom. The Bertz CT molecular complexity index is 1120.